The number of carbonyl (C=O) groups is 1. The van der Waals surface area contributed by atoms with E-state index < -0.39 is 6.10 Å². The fourth-order valence-electron chi connectivity index (χ4n) is 3.88. The van der Waals surface area contributed by atoms with E-state index in [0.29, 0.717) is 0 Å². The molecule has 0 amide bonds. The zero-order valence-corrected chi connectivity index (χ0v) is 19.8. The van der Waals surface area contributed by atoms with Crippen molar-refractivity contribution in [2.24, 2.45) is 0 Å². The number of rotatable bonds is 6. The van der Waals surface area contributed by atoms with Crippen LogP contribution in [0.3, 0.4) is 0 Å². The predicted octanol–water partition coefficient (Wildman–Crippen LogP) is 7.27. The van der Waals surface area contributed by atoms with Crippen molar-refractivity contribution in [3.63, 3.8) is 0 Å². The summed E-state index contributed by atoms with van der Waals surface area (Å²) in [5.74, 6) is 1.84. The highest BCUT2D eigenvalue weighted by atomic mass is 32.2. The summed E-state index contributed by atoms with van der Waals surface area (Å²) in [6.07, 6.45) is 4.69. The smallest absolute Gasteiger partial charge is 0.150 e. The van der Waals surface area contributed by atoms with Crippen molar-refractivity contribution in [1.82, 2.24) is 0 Å². The molecule has 0 aromatic heterocycles. The minimum Gasteiger partial charge on any atom is -0.389 e. The molecule has 0 aliphatic rings. The van der Waals surface area contributed by atoms with E-state index in [2.05, 4.69) is 36.6 Å². The molecule has 0 spiro atoms. The third-order valence-electron chi connectivity index (χ3n) is 5.26. The predicted molar refractivity (Wildman–Crippen MR) is 138 cm³/mol. The molecule has 0 fully saturated rings. The fourth-order valence-corrected chi connectivity index (χ4v) is 5.00. The molecule has 0 radical (unpaired) electrons. The van der Waals surface area contributed by atoms with Crippen LogP contribution in [0.5, 0.6) is 0 Å². The Balaban J connectivity index is 0.000000176. The maximum absolute atomic E-state index is 11.1. The van der Waals surface area contributed by atoms with E-state index in [1.165, 1.54) is 16.3 Å². The molecule has 1 N–H and O–H groups in total. The van der Waals surface area contributed by atoms with Crippen molar-refractivity contribution in [2.75, 3.05) is 12.5 Å². The maximum atomic E-state index is 11.1. The number of aliphatic hydroxyl groups excluding tert-OH is 1. The van der Waals surface area contributed by atoms with Crippen LogP contribution in [0.1, 0.15) is 40.1 Å². The van der Waals surface area contributed by atoms with Crippen LogP contribution in [-0.2, 0) is 11.5 Å². The first-order valence-corrected chi connectivity index (χ1v) is 13.0. The second-order valence-corrected chi connectivity index (χ2v) is 9.11. The molecule has 4 rings (SSSR count). The van der Waals surface area contributed by atoms with Crippen LogP contribution < -0.4 is 0 Å². The topological polar surface area (TPSA) is 37.3 Å². The van der Waals surface area contributed by atoms with E-state index in [0.717, 1.165) is 45.3 Å². The van der Waals surface area contributed by atoms with Gasteiger partial charge in [-0.2, -0.15) is 23.5 Å². The molecule has 0 bridgehead atoms. The number of carbonyl (C=O) groups excluding carboxylic acids is 1. The molecule has 31 heavy (non-hydrogen) atoms. The van der Waals surface area contributed by atoms with Crippen LogP contribution in [0.2, 0.25) is 0 Å². The molecule has 4 heteroatoms. The standard InChI is InChI=1S/C14H16OS.C13H12OS/c1-10(15)14-12(9-16-2)8-7-11-5-3-4-6-13(11)14;1-15-9-11-7-6-10-4-2-3-5-12(10)13(11)8-14/h3-8,10,15H,9H2,1-2H3;2-8H,9H2,1H3. The summed E-state index contributed by atoms with van der Waals surface area (Å²) >= 11 is 3.52. The lowest BCUT2D eigenvalue weighted by Gasteiger charge is -2.14. The molecule has 0 aliphatic carbocycles. The van der Waals surface area contributed by atoms with Gasteiger partial charge in [0, 0.05) is 17.1 Å². The van der Waals surface area contributed by atoms with E-state index in [1.54, 1.807) is 23.5 Å². The van der Waals surface area contributed by atoms with Gasteiger partial charge in [-0.25, -0.2) is 0 Å². The van der Waals surface area contributed by atoms with Crippen LogP contribution in [0, 0.1) is 0 Å². The number of hydrogen-bond donors (Lipinski definition) is 1. The summed E-state index contributed by atoms with van der Waals surface area (Å²) in [5, 5.41) is 14.5. The zero-order chi connectivity index (χ0) is 22.2. The summed E-state index contributed by atoms with van der Waals surface area (Å²) in [5.41, 5.74) is 4.27. The minimum absolute atomic E-state index is 0.409. The van der Waals surface area contributed by atoms with Gasteiger partial charge in [0.05, 0.1) is 6.10 Å². The van der Waals surface area contributed by atoms with Gasteiger partial charge in [0.15, 0.2) is 6.29 Å². The average Bonchev–Trinajstić information content (AvgIpc) is 2.79. The minimum atomic E-state index is -0.409. The van der Waals surface area contributed by atoms with E-state index in [4.69, 9.17) is 0 Å². The van der Waals surface area contributed by atoms with Crippen molar-refractivity contribution in [2.45, 2.75) is 24.5 Å². The van der Waals surface area contributed by atoms with Crippen molar-refractivity contribution < 1.29 is 9.90 Å². The van der Waals surface area contributed by atoms with Crippen LogP contribution in [0.25, 0.3) is 21.5 Å². The zero-order valence-electron chi connectivity index (χ0n) is 18.2. The van der Waals surface area contributed by atoms with Gasteiger partial charge in [-0.3, -0.25) is 4.79 Å². The molecule has 4 aromatic carbocycles. The normalized spacial score (nSPS) is 11.7. The maximum Gasteiger partial charge on any atom is 0.150 e. The summed E-state index contributed by atoms with van der Waals surface area (Å²) in [6, 6.07) is 24.6. The Kier molecular flexibility index (Phi) is 8.59. The van der Waals surface area contributed by atoms with E-state index >= 15 is 0 Å². The average molecular weight is 449 g/mol. The van der Waals surface area contributed by atoms with E-state index in [1.807, 2.05) is 55.6 Å². The molecule has 0 heterocycles. The number of fused-ring (bicyclic) bond motifs is 2. The summed E-state index contributed by atoms with van der Waals surface area (Å²) in [6.45, 7) is 1.84. The molecule has 1 unspecified atom stereocenters. The summed E-state index contributed by atoms with van der Waals surface area (Å²) in [7, 11) is 0. The van der Waals surface area contributed by atoms with E-state index in [9.17, 15) is 9.90 Å². The highest BCUT2D eigenvalue weighted by Crippen LogP contribution is 2.29. The molecule has 0 saturated carbocycles. The molecule has 2 nitrogen and oxygen atoms in total. The largest absolute Gasteiger partial charge is 0.389 e. The molecule has 1 atom stereocenters. The van der Waals surface area contributed by atoms with Crippen LogP contribution in [-0.4, -0.2) is 23.9 Å². The quantitative estimate of drug-likeness (QED) is 0.315. The Hall–Kier alpha value is -2.27. The lowest BCUT2D eigenvalue weighted by atomic mass is 9.96. The number of aliphatic hydroxyl groups is 1. The summed E-state index contributed by atoms with van der Waals surface area (Å²) < 4.78 is 0. The fraction of sp³-hybridized carbons (Fsp3) is 0.222. The molecular weight excluding hydrogens is 420 g/mol. The first kappa shape index (κ1) is 23.4. The number of aldehydes is 1. The number of thioether (sulfide) groups is 2. The van der Waals surface area contributed by atoms with Gasteiger partial charge in [-0.15, -0.1) is 0 Å². The Morgan fingerprint density at radius 3 is 1.87 bits per heavy atom. The Bertz CT molecular complexity index is 1170. The van der Waals surface area contributed by atoms with Crippen LogP contribution in [0.4, 0.5) is 0 Å². The van der Waals surface area contributed by atoms with Gasteiger partial charge in [-0.05, 0) is 57.7 Å². The second kappa shape index (κ2) is 11.4. The molecular formula is C27H28O2S2. The van der Waals surface area contributed by atoms with Crippen molar-refractivity contribution in [1.29, 1.82) is 0 Å². The molecule has 0 aliphatic heterocycles. The third kappa shape index (κ3) is 5.51. The molecule has 4 aromatic rings. The van der Waals surface area contributed by atoms with Crippen molar-refractivity contribution >= 4 is 51.4 Å². The lowest BCUT2D eigenvalue weighted by molar-refractivity contribution is 0.112. The Morgan fingerprint density at radius 2 is 1.29 bits per heavy atom. The number of benzene rings is 4. The highest BCUT2D eigenvalue weighted by Gasteiger charge is 2.11. The van der Waals surface area contributed by atoms with Gasteiger partial charge in [0.25, 0.3) is 0 Å². The monoisotopic (exact) mass is 448 g/mol. The third-order valence-corrected chi connectivity index (χ3v) is 6.46. The van der Waals surface area contributed by atoms with Gasteiger partial charge in [0.1, 0.15) is 0 Å². The van der Waals surface area contributed by atoms with Gasteiger partial charge in [-0.1, -0.05) is 72.8 Å². The van der Waals surface area contributed by atoms with Gasteiger partial charge < -0.3 is 5.11 Å². The molecule has 0 saturated heterocycles. The molecule has 160 valence electrons. The Labute approximate surface area is 193 Å². The highest BCUT2D eigenvalue weighted by molar-refractivity contribution is 7.98. The van der Waals surface area contributed by atoms with Crippen LogP contribution in [0.15, 0.2) is 72.8 Å². The van der Waals surface area contributed by atoms with Crippen molar-refractivity contribution in [3.8, 4) is 0 Å². The van der Waals surface area contributed by atoms with Gasteiger partial charge >= 0.3 is 0 Å². The SMILES string of the molecule is CSCc1ccc2ccccc2c1C(C)O.CSCc1ccc2ccccc2c1C=O. The Morgan fingerprint density at radius 1 is 0.774 bits per heavy atom. The van der Waals surface area contributed by atoms with Crippen LogP contribution >= 0.6 is 23.5 Å². The first-order valence-electron chi connectivity index (χ1n) is 10.2. The van der Waals surface area contributed by atoms with Crippen molar-refractivity contribution in [3.05, 3.63) is 95.1 Å². The van der Waals surface area contributed by atoms with E-state index in [-0.39, 0.29) is 0 Å². The lowest BCUT2D eigenvalue weighted by Crippen LogP contribution is -1.98. The number of hydrogen-bond acceptors (Lipinski definition) is 4. The van der Waals surface area contributed by atoms with Gasteiger partial charge in [0.2, 0.25) is 0 Å². The first-order chi connectivity index (χ1) is 15.1. The second-order valence-electron chi connectivity index (χ2n) is 7.38. The summed E-state index contributed by atoms with van der Waals surface area (Å²) in [4.78, 5) is 11.1.